The lowest BCUT2D eigenvalue weighted by Crippen LogP contribution is -2.03. The van der Waals surface area contributed by atoms with Gasteiger partial charge in [0, 0.05) is 5.69 Å². The van der Waals surface area contributed by atoms with Crippen LogP contribution in [0.15, 0.2) is 18.5 Å². The van der Waals surface area contributed by atoms with Crippen LogP contribution in [0.1, 0.15) is 17.1 Å². The molecule has 2 heterocycles. The lowest BCUT2D eigenvalue weighted by atomic mass is 10.4. The minimum Gasteiger partial charge on any atom is -0.254 e. The highest BCUT2D eigenvalue weighted by Crippen LogP contribution is 2.08. The van der Waals surface area contributed by atoms with Gasteiger partial charge < -0.3 is 0 Å². The first-order valence-electron chi connectivity index (χ1n) is 4.61. The molecule has 0 bridgehead atoms. The molecule has 0 aromatic carbocycles. The zero-order valence-corrected chi connectivity index (χ0v) is 9.36. The Hall–Kier alpha value is -1.42. The zero-order valence-electron chi connectivity index (χ0n) is 8.61. The second kappa shape index (κ2) is 3.98. The zero-order chi connectivity index (χ0) is 10.8. The molecule has 0 radical (unpaired) electrons. The van der Waals surface area contributed by atoms with E-state index in [1.54, 1.807) is 17.1 Å². The van der Waals surface area contributed by atoms with Crippen LogP contribution in [0.5, 0.6) is 0 Å². The van der Waals surface area contributed by atoms with Crippen LogP contribution < -0.4 is 0 Å². The van der Waals surface area contributed by atoms with Crippen LogP contribution in [-0.2, 0) is 5.88 Å². The van der Waals surface area contributed by atoms with Crippen molar-refractivity contribution in [3.8, 4) is 5.82 Å². The second-order valence-corrected chi connectivity index (χ2v) is 3.61. The molecule has 2 aromatic rings. The Morgan fingerprint density at radius 1 is 1.27 bits per heavy atom. The predicted molar refractivity (Wildman–Crippen MR) is 58.2 cm³/mol. The van der Waals surface area contributed by atoms with E-state index in [0.29, 0.717) is 5.88 Å². The summed E-state index contributed by atoms with van der Waals surface area (Å²) >= 11 is 5.64. The summed E-state index contributed by atoms with van der Waals surface area (Å²) in [4.78, 5) is 8.42. The molecule has 78 valence electrons. The van der Waals surface area contributed by atoms with Gasteiger partial charge >= 0.3 is 0 Å². The monoisotopic (exact) mass is 222 g/mol. The first kappa shape index (κ1) is 10.1. The van der Waals surface area contributed by atoms with Gasteiger partial charge in [0.1, 0.15) is 0 Å². The number of rotatable bonds is 2. The van der Waals surface area contributed by atoms with Gasteiger partial charge in [-0.3, -0.25) is 4.98 Å². The van der Waals surface area contributed by atoms with Crippen LogP contribution in [0, 0.1) is 13.8 Å². The number of alkyl halides is 1. The lowest BCUT2D eigenvalue weighted by Gasteiger charge is -2.02. The fourth-order valence-corrected chi connectivity index (χ4v) is 1.53. The SMILES string of the molecule is Cc1cc(C)n(-c2cnc(CCl)cn2)n1. The van der Waals surface area contributed by atoms with E-state index >= 15 is 0 Å². The Morgan fingerprint density at radius 2 is 2.07 bits per heavy atom. The Kier molecular flexibility index (Phi) is 2.68. The van der Waals surface area contributed by atoms with Gasteiger partial charge in [-0.15, -0.1) is 11.6 Å². The van der Waals surface area contributed by atoms with Crippen molar-refractivity contribution in [1.29, 1.82) is 0 Å². The number of halogens is 1. The molecule has 0 unspecified atom stereocenters. The van der Waals surface area contributed by atoms with Crippen LogP contribution in [0.2, 0.25) is 0 Å². The minimum absolute atomic E-state index is 0.379. The minimum atomic E-state index is 0.379. The van der Waals surface area contributed by atoms with Gasteiger partial charge in [-0.25, -0.2) is 9.67 Å². The molecule has 0 atom stereocenters. The molecule has 0 aliphatic rings. The third-order valence-corrected chi connectivity index (χ3v) is 2.33. The maximum Gasteiger partial charge on any atom is 0.172 e. The maximum atomic E-state index is 5.64. The first-order chi connectivity index (χ1) is 7.20. The lowest BCUT2D eigenvalue weighted by molar-refractivity contribution is 0.795. The molecule has 0 saturated carbocycles. The average Bonchev–Trinajstić information content (AvgIpc) is 2.58. The molecule has 15 heavy (non-hydrogen) atoms. The quantitative estimate of drug-likeness (QED) is 0.731. The van der Waals surface area contributed by atoms with Crippen molar-refractivity contribution in [3.05, 3.63) is 35.5 Å². The molecule has 0 spiro atoms. The molecule has 0 saturated heterocycles. The van der Waals surface area contributed by atoms with E-state index in [0.717, 1.165) is 22.9 Å². The summed E-state index contributed by atoms with van der Waals surface area (Å²) in [5.41, 5.74) is 2.78. The van der Waals surface area contributed by atoms with E-state index in [1.807, 2.05) is 19.9 Å². The van der Waals surface area contributed by atoms with Gasteiger partial charge in [0.25, 0.3) is 0 Å². The highest BCUT2D eigenvalue weighted by Gasteiger charge is 2.04. The van der Waals surface area contributed by atoms with Gasteiger partial charge in [-0.2, -0.15) is 5.10 Å². The van der Waals surface area contributed by atoms with E-state index in [9.17, 15) is 0 Å². The molecule has 0 N–H and O–H groups in total. The molecule has 5 heteroatoms. The summed E-state index contributed by atoms with van der Waals surface area (Å²) < 4.78 is 1.76. The van der Waals surface area contributed by atoms with Crippen LogP contribution in [0.25, 0.3) is 5.82 Å². The van der Waals surface area contributed by atoms with Crippen molar-refractivity contribution in [1.82, 2.24) is 19.7 Å². The van der Waals surface area contributed by atoms with E-state index in [4.69, 9.17) is 11.6 Å². The molecule has 4 nitrogen and oxygen atoms in total. The van der Waals surface area contributed by atoms with Crippen molar-refractivity contribution < 1.29 is 0 Å². The molecule has 0 amide bonds. The van der Waals surface area contributed by atoms with Gasteiger partial charge in [0.2, 0.25) is 0 Å². The molecular weight excluding hydrogens is 212 g/mol. The van der Waals surface area contributed by atoms with Gasteiger partial charge in [0.15, 0.2) is 5.82 Å². The Bertz CT molecular complexity index is 461. The number of hydrogen-bond acceptors (Lipinski definition) is 3. The van der Waals surface area contributed by atoms with Crippen molar-refractivity contribution >= 4 is 11.6 Å². The van der Waals surface area contributed by atoms with Crippen LogP contribution in [0.4, 0.5) is 0 Å². The fourth-order valence-electron chi connectivity index (χ4n) is 1.39. The smallest absolute Gasteiger partial charge is 0.172 e. The molecule has 0 aliphatic heterocycles. The molecule has 2 rings (SSSR count). The molecule has 2 aromatic heterocycles. The largest absolute Gasteiger partial charge is 0.254 e. The standard InChI is InChI=1S/C10H11ClN4/c1-7-3-8(2)15(14-7)10-6-12-9(4-11)5-13-10/h3,5-6H,4H2,1-2H3. The highest BCUT2D eigenvalue weighted by atomic mass is 35.5. The summed E-state index contributed by atoms with van der Waals surface area (Å²) in [6, 6.07) is 2.00. The maximum absolute atomic E-state index is 5.64. The van der Waals surface area contributed by atoms with Crippen molar-refractivity contribution in [2.75, 3.05) is 0 Å². The fraction of sp³-hybridized carbons (Fsp3) is 0.300. The summed E-state index contributed by atoms with van der Waals surface area (Å²) in [6.45, 7) is 3.93. The van der Waals surface area contributed by atoms with Gasteiger partial charge in [-0.05, 0) is 19.9 Å². The Labute approximate surface area is 92.9 Å². The van der Waals surface area contributed by atoms with Gasteiger partial charge in [-0.1, -0.05) is 0 Å². The third-order valence-electron chi connectivity index (χ3n) is 2.06. The summed E-state index contributed by atoms with van der Waals surface area (Å²) in [7, 11) is 0. The highest BCUT2D eigenvalue weighted by molar-refractivity contribution is 6.16. The number of nitrogens with zero attached hydrogens (tertiary/aromatic N) is 4. The summed E-state index contributed by atoms with van der Waals surface area (Å²) in [5.74, 6) is 1.10. The number of hydrogen-bond donors (Lipinski definition) is 0. The van der Waals surface area contributed by atoms with Gasteiger partial charge in [0.05, 0.1) is 29.7 Å². The van der Waals surface area contributed by atoms with E-state index < -0.39 is 0 Å². The van der Waals surface area contributed by atoms with Crippen LogP contribution in [0.3, 0.4) is 0 Å². The Morgan fingerprint density at radius 3 is 2.53 bits per heavy atom. The van der Waals surface area contributed by atoms with Crippen LogP contribution >= 0.6 is 11.6 Å². The summed E-state index contributed by atoms with van der Waals surface area (Å²) in [5, 5.41) is 4.32. The Balaban J connectivity index is 2.41. The number of aromatic nitrogens is 4. The molecular formula is C10H11ClN4. The van der Waals surface area contributed by atoms with Crippen LogP contribution in [-0.4, -0.2) is 19.7 Å². The molecule has 0 aliphatic carbocycles. The normalized spacial score (nSPS) is 10.6. The van der Waals surface area contributed by atoms with E-state index in [-0.39, 0.29) is 0 Å². The topological polar surface area (TPSA) is 43.6 Å². The van der Waals surface area contributed by atoms with E-state index in [1.165, 1.54) is 0 Å². The van der Waals surface area contributed by atoms with Crippen molar-refractivity contribution in [2.45, 2.75) is 19.7 Å². The number of aryl methyl sites for hydroxylation is 2. The first-order valence-corrected chi connectivity index (χ1v) is 5.14. The van der Waals surface area contributed by atoms with Crippen molar-refractivity contribution in [3.63, 3.8) is 0 Å². The predicted octanol–water partition coefficient (Wildman–Crippen LogP) is 2.02. The van der Waals surface area contributed by atoms with E-state index in [2.05, 4.69) is 15.1 Å². The summed E-state index contributed by atoms with van der Waals surface area (Å²) in [6.07, 6.45) is 3.34. The second-order valence-electron chi connectivity index (χ2n) is 3.34. The third kappa shape index (κ3) is 1.99. The average molecular weight is 223 g/mol. The molecule has 0 fully saturated rings. The van der Waals surface area contributed by atoms with Crippen molar-refractivity contribution in [2.24, 2.45) is 0 Å².